The zero-order valence-electron chi connectivity index (χ0n) is 18.1. The van der Waals surface area contributed by atoms with E-state index in [1.165, 1.54) is 24.3 Å². The van der Waals surface area contributed by atoms with Gasteiger partial charge in [-0.1, -0.05) is 32.9 Å². The molecule has 3 aromatic carbocycles. The molecule has 0 saturated carbocycles. The summed E-state index contributed by atoms with van der Waals surface area (Å²) in [5.41, 5.74) is 2.92. The van der Waals surface area contributed by atoms with E-state index in [0.29, 0.717) is 0 Å². The third kappa shape index (κ3) is 5.62. The van der Waals surface area contributed by atoms with Gasteiger partial charge in [0, 0.05) is 0 Å². The average molecular weight is 432 g/mol. The molecule has 0 radical (unpaired) electrons. The third-order valence-electron chi connectivity index (χ3n) is 4.83. The molecule has 0 aliphatic carbocycles. The van der Waals surface area contributed by atoms with Crippen molar-refractivity contribution in [1.82, 2.24) is 0 Å². The Bertz CT molecular complexity index is 1130. The van der Waals surface area contributed by atoms with Crippen molar-refractivity contribution in [2.45, 2.75) is 39.4 Å². The molecule has 0 heterocycles. The van der Waals surface area contributed by atoms with Gasteiger partial charge in [0.05, 0.1) is 23.3 Å². The van der Waals surface area contributed by atoms with Crippen LogP contribution in [0.15, 0.2) is 54.6 Å². The molecule has 0 atom stereocenters. The molecule has 0 N–H and O–H groups in total. The summed E-state index contributed by atoms with van der Waals surface area (Å²) in [6.45, 7) is 6.43. The van der Waals surface area contributed by atoms with E-state index in [4.69, 9.17) is 20.0 Å². The SMILES string of the molecule is CC(C)(C)c1cc(COc2ccc(C#N)cc2F)cc(COc2ccc(C#N)cc2F)c1. The number of nitriles is 2. The second kappa shape index (κ2) is 9.49. The standard InChI is InChI=1S/C26H22F2N2O2/c1-26(2,3)21-9-19(15-31-24-6-4-17(13-29)11-22(24)27)8-20(10-21)16-32-25-7-5-18(14-30)12-23(25)28/h4-12H,15-16H2,1-3H3. The number of hydrogen-bond donors (Lipinski definition) is 0. The lowest BCUT2D eigenvalue weighted by molar-refractivity contribution is 0.284. The number of halogens is 2. The third-order valence-corrected chi connectivity index (χ3v) is 4.83. The zero-order valence-corrected chi connectivity index (χ0v) is 18.1. The topological polar surface area (TPSA) is 66.0 Å². The highest BCUT2D eigenvalue weighted by Crippen LogP contribution is 2.27. The molecule has 6 heteroatoms. The van der Waals surface area contributed by atoms with E-state index in [-0.39, 0.29) is 41.3 Å². The van der Waals surface area contributed by atoms with Crippen LogP contribution in [-0.4, -0.2) is 0 Å². The van der Waals surface area contributed by atoms with Gasteiger partial charge in [-0.25, -0.2) is 8.78 Å². The molecular formula is C26H22F2N2O2. The van der Waals surface area contributed by atoms with Crippen LogP contribution in [0.25, 0.3) is 0 Å². The van der Waals surface area contributed by atoms with Crippen molar-refractivity contribution >= 4 is 0 Å². The molecule has 0 amide bonds. The maximum atomic E-state index is 14.1. The molecule has 32 heavy (non-hydrogen) atoms. The van der Waals surface area contributed by atoms with Gasteiger partial charge in [-0.2, -0.15) is 10.5 Å². The Labute approximate surface area is 186 Å². The lowest BCUT2D eigenvalue weighted by Gasteiger charge is -2.22. The molecule has 3 aromatic rings. The van der Waals surface area contributed by atoms with E-state index in [9.17, 15) is 8.78 Å². The molecule has 0 bridgehead atoms. The molecule has 0 saturated heterocycles. The van der Waals surface area contributed by atoms with E-state index in [1.807, 2.05) is 30.3 Å². The smallest absolute Gasteiger partial charge is 0.166 e. The maximum absolute atomic E-state index is 14.1. The van der Waals surface area contributed by atoms with Crippen LogP contribution in [0.5, 0.6) is 11.5 Å². The minimum atomic E-state index is -0.601. The van der Waals surface area contributed by atoms with Crippen LogP contribution >= 0.6 is 0 Å². The molecule has 0 aromatic heterocycles. The van der Waals surface area contributed by atoms with E-state index in [2.05, 4.69) is 20.8 Å². The van der Waals surface area contributed by atoms with Crippen molar-refractivity contribution in [2.75, 3.05) is 0 Å². The maximum Gasteiger partial charge on any atom is 0.166 e. The second-order valence-electron chi connectivity index (χ2n) is 8.38. The first-order valence-electron chi connectivity index (χ1n) is 9.98. The minimum Gasteiger partial charge on any atom is -0.486 e. The van der Waals surface area contributed by atoms with Gasteiger partial charge < -0.3 is 9.47 Å². The largest absolute Gasteiger partial charge is 0.486 e. The van der Waals surface area contributed by atoms with Gasteiger partial charge in [0.2, 0.25) is 0 Å². The Hall–Kier alpha value is -3.90. The lowest BCUT2D eigenvalue weighted by atomic mass is 9.85. The fraction of sp³-hybridized carbons (Fsp3) is 0.231. The van der Waals surface area contributed by atoms with Gasteiger partial charge in [0.25, 0.3) is 0 Å². The van der Waals surface area contributed by atoms with Crippen LogP contribution in [0.3, 0.4) is 0 Å². The van der Waals surface area contributed by atoms with Crippen molar-refractivity contribution in [3.8, 4) is 23.6 Å². The number of ether oxygens (including phenoxy) is 2. The highest BCUT2D eigenvalue weighted by molar-refractivity contribution is 5.38. The molecule has 4 nitrogen and oxygen atoms in total. The summed E-state index contributed by atoms with van der Waals surface area (Å²) < 4.78 is 39.5. The predicted molar refractivity (Wildman–Crippen MR) is 116 cm³/mol. The summed E-state index contributed by atoms with van der Waals surface area (Å²) in [4.78, 5) is 0. The predicted octanol–water partition coefficient (Wildman–Crippen LogP) is 6.16. The summed E-state index contributed by atoms with van der Waals surface area (Å²) in [7, 11) is 0. The minimum absolute atomic E-state index is 0.0580. The molecule has 162 valence electrons. The summed E-state index contributed by atoms with van der Waals surface area (Å²) in [6, 6.07) is 17.7. The second-order valence-corrected chi connectivity index (χ2v) is 8.38. The van der Waals surface area contributed by atoms with Crippen LogP contribution in [0.4, 0.5) is 8.78 Å². The first-order valence-corrected chi connectivity index (χ1v) is 9.98. The zero-order chi connectivity index (χ0) is 23.3. The van der Waals surface area contributed by atoms with Crippen LogP contribution in [0, 0.1) is 34.3 Å². The molecule has 0 fully saturated rings. The van der Waals surface area contributed by atoms with E-state index < -0.39 is 11.6 Å². The van der Waals surface area contributed by atoms with Gasteiger partial charge in [-0.3, -0.25) is 0 Å². The number of benzene rings is 3. The van der Waals surface area contributed by atoms with Crippen molar-refractivity contribution in [1.29, 1.82) is 10.5 Å². The molecule has 0 aliphatic rings. The fourth-order valence-electron chi connectivity index (χ4n) is 3.06. The lowest BCUT2D eigenvalue weighted by Crippen LogP contribution is -2.13. The van der Waals surface area contributed by atoms with Crippen LogP contribution < -0.4 is 9.47 Å². The average Bonchev–Trinajstić information content (AvgIpc) is 2.76. The monoisotopic (exact) mass is 432 g/mol. The molecule has 3 rings (SSSR count). The van der Waals surface area contributed by atoms with Crippen LogP contribution in [-0.2, 0) is 18.6 Å². The molecule has 0 unspecified atom stereocenters. The Balaban J connectivity index is 1.81. The number of rotatable bonds is 6. The normalized spacial score (nSPS) is 10.8. The highest BCUT2D eigenvalue weighted by atomic mass is 19.1. The quantitative estimate of drug-likeness (QED) is 0.468. The van der Waals surface area contributed by atoms with Gasteiger partial charge in [0.15, 0.2) is 23.1 Å². The summed E-state index contributed by atoms with van der Waals surface area (Å²) in [6.07, 6.45) is 0. The summed E-state index contributed by atoms with van der Waals surface area (Å²) in [5, 5.41) is 17.7. The Kier molecular flexibility index (Phi) is 6.76. The van der Waals surface area contributed by atoms with Crippen molar-refractivity contribution < 1.29 is 18.3 Å². The van der Waals surface area contributed by atoms with Gasteiger partial charge >= 0.3 is 0 Å². The number of nitrogens with zero attached hydrogens (tertiary/aromatic N) is 2. The van der Waals surface area contributed by atoms with Crippen LogP contribution in [0.2, 0.25) is 0 Å². The van der Waals surface area contributed by atoms with Gasteiger partial charge in [-0.15, -0.1) is 0 Å². The molecule has 0 aliphatic heterocycles. The van der Waals surface area contributed by atoms with Gasteiger partial charge in [0.1, 0.15) is 13.2 Å². The Morgan fingerprint density at radius 1 is 0.719 bits per heavy atom. The van der Waals surface area contributed by atoms with Crippen molar-refractivity contribution in [3.05, 3.63) is 94.0 Å². The Morgan fingerprint density at radius 2 is 1.16 bits per heavy atom. The molecular weight excluding hydrogens is 410 g/mol. The number of hydrogen-bond acceptors (Lipinski definition) is 4. The van der Waals surface area contributed by atoms with Gasteiger partial charge in [-0.05, 0) is 64.6 Å². The summed E-state index contributed by atoms with van der Waals surface area (Å²) in [5.74, 6) is -1.09. The summed E-state index contributed by atoms with van der Waals surface area (Å²) >= 11 is 0. The van der Waals surface area contributed by atoms with E-state index >= 15 is 0 Å². The first kappa shape index (κ1) is 22.8. The van der Waals surface area contributed by atoms with Crippen molar-refractivity contribution in [2.24, 2.45) is 0 Å². The first-order chi connectivity index (χ1) is 15.2. The molecule has 0 spiro atoms. The highest BCUT2D eigenvalue weighted by Gasteiger charge is 2.16. The Morgan fingerprint density at radius 3 is 1.50 bits per heavy atom. The fourth-order valence-corrected chi connectivity index (χ4v) is 3.06. The van der Waals surface area contributed by atoms with Crippen molar-refractivity contribution in [3.63, 3.8) is 0 Å². The van der Waals surface area contributed by atoms with E-state index in [1.54, 1.807) is 0 Å². The van der Waals surface area contributed by atoms with E-state index in [0.717, 1.165) is 28.8 Å². The van der Waals surface area contributed by atoms with Crippen LogP contribution in [0.1, 0.15) is 48.6 Å².